The molecule has 2 rings (SSSR count). The van der Waals surface area contributed by atoms with Crippen molar-refractivity contribution < 1.29 is 5.11 Å². The van der Waals surface area contributed by atoms with Crippen molar-refractivity contribution in [3.63, 3.8) is 0 Å². The second kappa shape index (κ2) is 8.93. The molecule has 1 aromatic heterocycles. The predicted molar refractivity (Wildman–Crippen MR) is 93.1 cm³/mol. The van der Waals surface area contributed by atoms with Gasteiger partial charge in [0, 0.05) is 17.2 Å². The monoisotopic (exact) mass is 349 g/mol. The van der Waals surface area contributed by atoms with Gasteiger partial charge in [0.05, 0.1) is 0 Å². The Bertz CT molecular complexity index is 518. The Hall–Kier alpha value is -1.22. The highest BCUT2D eigenvalue weighted by Crippen LogP contribution is 2.22. The summed E-state index contributed by atoms with van der Waals surface area (Å²) in [6.45, 7) is 0. The van der Waals surface area contributed by atoms with Crippen LogP contribution < -0.4 is 0 Å². The first kappa shape index (κ1) is 16.2. The van der Waals surface area contributed by atoms with Gasteiger partial charge >= 0.3 is 0 Å². The van der Waals surface area contributed by atoms with Crippen LogP contribution in [0.4, 0.5) is 0 Å². The minimum absolute atomic E-state index is 0.311. The van der Waals surface area contributed by atoms with E-state index in [9.17, 15) is 5.11 Å². The Kier molecular flexibility index (Phi) is 6.87. The number of aromatic hydroxyl groups is 1. The minimum Gasteiger partial charge on any atom is -0.508 e. The van der Waals surface area contributed by atoms with E-state index in [4.69, 9.17) is 0 Å². The second-order valence-electron chi connectivity index (χ2n) is 5.53. The summed E-state index contributed by atoms with van der Waals surface area (Å²) in [5, 5.41) is 10.5. The summed E-state index contributed by atoms with van der Waals surface area (Å²) in [6.07, 6.45) is 11.2. The number of phenols is 1. The lowest BCUT2D eigenvalue weighted by atomic mass is 10.1. The van der Waals surface area contributed by atoms with Crippen molar-refractivity contribution in [2.24, 2.45) is 0 Å². The fraction of sp³-hybridized carbons (Fsp3) is 0.444. The number of halogens is 1. The van der Waals surface area contributed by atoms with Crippen molar-refractivity contribution in [2.45, 2.75) is 44.9 Å². The molecule has 0 saturated heterocycles. The molecule has 2 aromatic rings. The Labute approximate surface area is 135 Å². The second-order valence-corrected chi connectivity index (χ2v) is 6.32. The zero-order chi connectivity index (χ0) is 14.9. The number of aromatic nitrogens is 1. The van der Waals surface area contributed by atoms with Crippen molar-refractivity contribution in [1.29, 1.82) is 0 Å². The number of hydrogen-bond donors (Lipinski definition) is 2. The Morgan fingerprint density at radius 2 is 1.57 bits per heavy atom. The van der Waals surface area contributed by atoms with Crippen molar-refractivity contribution in [1.82, 2.24) is 4.98 Å². The molecule has 0 unspecified atom stereocenters. The molecule has 0 saturated carbocycles. The Balaban J connectivity index is 1.72. The third-order valence-electron chi connectivity index (χ3n) is 3.77. The molecular weight excluding hydrogens is 326 g/mol. The third kappa shape index (κ3) is 5.58. The van der Waals surface area contributed by atoms with Crippen LogP contribution in [0.15, 0.2) is 36.5 Å². The molecule has 0 radical (unpaired) electrons. The molecule has 0 spiro atoms. The number of alkyl halides is 1. The Morgan fingerprint density at radius 3 is 2.29 bits per heavy atom. The number of phenolic OH excluding ortho intramolecular Hbond substituents is 1. The van der Waals surface area contributed by atoms with Gasteiger partial charge in [-0.1, -0.05) is 41.6 Å². The highest BCUT2D eigenvalue weighted by atomic mass is 79.9. The average Bonchev–Trinajstić information content (AvgIpc) is 2.96. The van der Waals surface area contributed by atoms with Gasteiger partial charge in [0.15, 0.2) is 0 Å². The molecule has 0 atom stereocenters. The van der Waals surface area contributed by atoms with Gasteiger partial charge in [-0.05, 0) is 60.7 Å². The van der Waals surface area contributed by atoms with E-state index in [1.54, 1.807) is 12.1 Å². The van der Waals surface area contributed by atoms with E-state index in [0.717, 1.165) is 23.0 Å². The summed E-state index contributed by atoms with van der Waals surface area (Å²) in [6, 6.07) is 9.55. The number of nitrogens with one attached hydrogen (secondary N) is 1. The molecule has 114 valence electrons. The third-order valence-corrected chi connectivity index (χ3v) is 4.33. The van der Waals surface area contributed by atoms with Gasteiger partial charge in [0.1, 0.15) is 5.75 Å². The lowest BCUT2D eigenvalue weighted by molar-refractivity contribution is 0.475. The van der Waals surface area contributed by atoms with Crippen molar-refractivity contribution in [3.8, 4) is 17.0 Å². The van der Waals surface area contributed by atoms with E-state index in [-0.39, 0.29) is 0 Å². The first-order chi connectivity index (χ1) is 10.3. The van der Waals surface area contributed by atoms with Crippen molar-refractivity contribution in [2.75, 3.05) is 5.33 Å². The van der Waals surface area contributed by atoms with Crippen LogP contribution in [0.3, 0.4) is 0 Å². The molecule has 21 heavy (non-hydrogen) atoms. The van der Waals surface area contributed by atoms with Crippen LogP contribution in [0.5, 0.6) is 5.75 Å². The maximum Gasteiger partial charge on any atom is 0.115 e. The first-order valence-corrected chi connectivity index (χ1v) is 8.94. The van der Waals surface area contributed by atoms with Crippen molar-refractivity contribution in [3.05, 3.63) is 42.1 Å². The molecule has 0 amide bonds. The molecule has 1 heterocycles. The number of unbranched alkanes of at least 4 members (excludes halogenated alkanes) is 5. The summed E-state index contributed by atoms with van der Waals surface area (Å²) in [7, 11) is 0. The maximum absolute atomic E-state index is 9.32. The highest BCUT2D eigenvalue weighted by molar-refractivity contribution is 9.09. The SMILES string of the molecule is Oc1ccc(-c2cc(CCCCCCCCBr)c[nH]2)cc1. The van der Waals surface area contributed by atoms with Crippen molar-refractivity contribution >= 4 is 15.9 Å². The van der Waals surface area contributed by atoms with E-state index in [0.29, 0.717) is 5.75 Å². The summed E-state index contributed by atoms with van der Waals surface area (Å²) < 4.78 is 0. The number of aryl methyl sites for hydroxylation is 1. The summed E-state index contributed by atoms with van der Waals surface area (Å²) in [5.41, 5.74) is 3.62. The largest absolute Gasteiger partial charge is 0.508 e. The summed E-state index contributed by atoms with van der Waals surface area (Å²) >= 11 is 3.47. The van der Waals surface area contributed by atoms with E-state index < -0.39 is 0 Å². The lowest BCUT2D eigenvalue weighted by Gasteiger charge is -2.00. The molecule has 2 nitrogen and oxygen atoms in total. The molecule has 1 aromatic carbocycles. The van der Waals surface area contributed by atoms with Gasteiger partial charge < -0.3 is 10.1 Å². The summed E-state index contributed by atoms with van der Waals surface area (Å²) in [4.78, 5) is 3.32. The number of rotatable bonds is 9. The highest BCUT2D eigenvalue weighted by Gasteiger charge is 2.02. The van der Waals surface area contributed by atoms with E-state index in [1.165, 1.54) is 44.1 Å². The Morgan fingerprint density at radius 1 is 0.905 bits per heavy atom. The molecule has 3 heteroatoms. The molecule has 0 bridgehead atoms. The molecule has 0 aliphatic rings. The number of hydrogen-bond acceptors (Lipinski definition) is 1. The number of H-pyrrole nitrogens is 1. The average molecular weight is 350 g/mol. The van der Waals surface area contributed by atoms with Gasteiger partial charge in [-0.25, -0.2) is 0 Å². The molecule has 2 N–H and O–H groups in total. The molecule has 0 aliphatic heterocycles. The smallest absolute Gasteiger partial charge is 0.115 e. The zero-order valence-electron chi connectivity index (χ0n) is 12.4. The first-order valence-electron chi connectivity index (χ1n) is 7.82. The zero-order valence-corrected chi connectivity index (χ0v) is 14.0. The molecule has 0 fully saturated rings. The van der Waals surface area contributed by atoms with Gasteiger partial charge in [-0.3, -0.25) is 0 Å². The maximum atomic E-state index is 9.32. The fourth-order valence-electron chi connectivity index (χ4n) is 2.52. The predicted octanol–water partition coefficient (Wildman–Crippen LogP) is 5.67. The van der Waals surface area contributed by atoms with E-state index >= 15 is 0 Å². The normalized spacial score (nSPS) is 10.9. The number of benzene rings is 1. The standard InChI is InChI=1S/C18H24BrNO/c19-12-6-4-2-1-3-5-7-15-13-18(20-14-15)16-8-10-17(21)11-9-16/h8-11,13-14,20-21H,1-7,12H2. The van der Waals surface area contributed by atoms with Crippen LogP contribution in [0.2, 0.25) is 0 Å². The molecular formula is C18H24BrNO. The van der Waals surface area contributed by atoms with E-state index in [1.807, 2.05) is 12.1 Å². The lowest BCUT2D eigenvalue weighted by Crippen LogP contribution is -1.84. The van der Waals surface area contributed by atoms with E-state index in [2.05, 4.69) is 33.2 Å². The number of aromatic amines is 1. The minimum atomic E-state index is 0.311. The summed E-state index contributed by atoms with van der Waals surface area (Å²) in [5.74, 6) is 0.311. The van der Waals surface area contributed by atoms with Crippen LogP contribution in [0, 0.1) is 0 Å². The van der Waals surface area contributed by atoms with Crippen LogP contribution in [-0.4, -0.2) is 15.4 Å². The van der Waals surface area contributed by atoms with Gasteiger partial charge in [-0.2, -0.15) is 0 Å². The van der Waals surface area contributed by atoms with Gasteiger partial charge in [0.2, 0.25) is 0 Å². The van der Waals surface area contributed by atoms with Crippen LogP contribution in [0.1, 0.15) is 44.1 Å². The van der Waals surface area contributed by atoms with Crippen LogP contribution >= 0.6 is 15.9 Å². The quantitative estimate of drug-likeness (QED) is 0.444. The van der Waals surface area contributed by atoms with Crippen LogP contribution in [0.25, 0.3) is 11.3 Å². The topological polar surface area (TPSA) is 36.0 Å². The van der Waals surface area contributed by atoms with Gasteiger partial charge in [0.25, 0.3) is 0 Å². The van der Waals surface area contributed by atoms with Crippen LogP contribution in [-0.2, 0) is 6.42 Å². The van der Waals surface area contributed by atoms with Gasteiger partial charge in [-0.15, -0.1) is 0 Å². The molecule has 0 aliphatic carbocycles. The fourth-order valence-corrected chi connectivity index (χ4v) is 2.92.